The van der Waals surface area contributed by atoms with Gasteiger partial charge in [0.05, 0.1) is 6.10 Å². The summed E-state index contributed by atoms with van der Waals surface area (Å²) in [5.41, 5.74) is 0.345. The predicted molar refractivity (Wildman–Crippen MR) is 111 cm³/mol. The molecule has 0 amide bonds. The fourth-order valence-electron chi connectivity index (χ4n) is 3.93. The summed E-state index contributed by atoms with van der Waals surface area (Å²) in [7, 11) is 0. The molecule has 1 aromatic carbocycles. The number of halogens is 3. The average Bonchev–Trinajstić information content (AvgIpc) is 2.73. The number of hydrogen-bond donors (Lipinski definition) is 0. The van der Waals surface area contributed by atoms with Crippen LogP contribution in [-0.4, -0.2) is 25.5 Å². The van der Waals surface area contributed by atoms with Gasteiger partial charge in [-0.2, -0.15) is 4.39 Å². The number of ether oxygens (including phenoxy) is 2. The lowest BCUT2D eigenvalue weighted by Gasteiger charge is -2.30. The Morgan fingerprint density at radius 1 is 1.03 bits per heavy atom. The molecule has 2 nitrogen and oxygen atoms in total. The zero-order chi connectivity index (χ0) is 21.1. The summed E-state index contributed by atoms with van der Waals surface area (Å²) < 4.78 is 53.7. The molecule has 1 aliphatic heterocycles. The highest BCUT2D eigenvalue weighted by Gasteiger charge is 2.25. The summed E-state index contributed by atoms with van der Waals surface area (Å²) >= 11 is 0. The third kappa shape index (κ3) is 8.19. The lowest BCUT2D eigenvalue weighted by atomic mass is 9.92. The first-order chi connectivity index (χ1) is 14.0. The molecule has 1 heterocycles. The highest BCUT2D eigenvalue weighted by Crippen LogP contribution is 2.28. The summed E-state index contributed by atoms with van der Waals surface area (Å²) in [4.78, 5) is 0. The molecular formula is C24H37F3O2. The van der Waals surface area contributed by atoms with Gasteiger partial charge in [0, 0.05) is 6.61 Å². The molecular weight excluding hydrogens is 377 g/mol. The minimum absolute atomic E-state index is 0.165. The molecule has 29 heavy (non-hydrogen) atoms. The van der Waals surface area contributed by atoms with Crippen LogP contribution in [0.5, 0.6) is 5.75 Å². The largest absolute Gasteiger partial charge is 0.487 e. The van der Waals surface area contributed by atoms with Crippen molar-refractivity contribution in [2.24, 2.45) is 5.92 Å². The molecule has 5 heteroatoms. The van der Waals surface area contributed by atoms with Crippen molar-refractivity contribution in [1.82, 2.24) is 0 Å². The summed E-state index contributed by atoms with van der Waals surface area (Å²) in [5, 5.41) is 0. The van der Waals surface area contributed by atoms with E-state index in [1.165, 1.54) is 37.8 Å². The second-order valence-electron chi connectivity index (χ2n) is 8.35. The zero-order valence-corrected chi connectivity index (χ0v) is 18.0. The van der Waals surface area contributed by atoms with Gasteiger partial charge in [-0.3, -0.25) is 0 Å². The molecule has 0 saturated carbocycles. The minimum Gasteiger partial charge on any atom is -0.487 e. The predicted octanol–water partition coefficient (Wildman–Crippen LogP) is 7.18. The van der Waals surface area contributed by atoms with E-state index < -0.39 is 17.8 Å². The molecule has 0 radical (unpaired) electrons. The number of hydrogen-bond acceptors (Lipinski definition) is 2. The second kappa shape index (κ2) is 13.1. The van der Waals surface area contributed by atoms with E-state index in [-0.39, 0.29) is 18.3 Å². The van der Waals surface area contributed by atoms with Crippen molar-refractivity contribution < 1.29 is 22.6 Å². The summed E-state index contributed by atoms with van der Waals surface area (Å²) in [5.74, 6) is -1.94. The molecule has 0 bridgehead atoms. The van der Waals surface area contributed by atoms with E-state index in [1.807, 2.05) is 6.92 Å². The summed E-state index contributed by atoms with van der Waals surface area (Å²) in [6.07, 6.45) is 9.59. The van der Waals surface area contributed by atoms with Crippen LogP contribution in [0.3, 0.4) is 0 Å². The van der Waals surface area contributed by atoms with E-state index in [9.17, 15) is 13.2 Å². The van der Waals surface area contributed by atoms with Crippen LogP contribution < -0.4 is 4.74 Å². The number of benzene rings is 1. The van der Waals surface area contributed by atoms with Crippen LogP contribution in [0.1, 0.15) is 83.6 Å². The van der Waals surface area contributed by atoms with Crippen LogP contribution in [0.25, 0.3) is 0 Å². The molecule has 1 fully saturated rings. The summed E-state index contributed by atoms with van der Waals surface area (Å²) in [6.45, 7) is 4.51. The number of unbranched alkanes of at least 4 members (excludes halogenated alkanes) is 4. The number of rotatable bonds is 13. The van der Waals surface area contributed by atoms with Gasteiger partial charge in [0.15, 0.2) is 11.6 Å². The maximum absolute atomic E-state index is 14.3. The Morgan fingerprint density at radius 2 is 1.83 bits per heavy atom. The number of alkyl halides is 1. The van der Waals surface area contributed by atoms with Gasteiger partial charge in [-0.05, 0) is 56.1 Å². The Morgan fingerprint density at radius 3 is 2.52 bits per heavy atom. The van der Waals surface area contributed by atoms with Crippen molar-refractivity contribution in [3.8, 4) is 5.75 Å². The molecule has 0 aliphatic carbocycles. The van der Waals surface area contributed by atoms with Gasteiger partial charge in [0.25, 0.3) is 0 Å². The first-order valence-electron chi connectivity index (χ1n) is 11.4. The van der Waals surface area contributed by atoms with E-state index in [0.717, 1.165) is 32.1 Å². The van der Waals surface area contributed by atoms with Gasteiger partial charge in [0.2, 0.25) is 5.82 Å². The molecule has 1 saturated heterocycles. The van der Waals surface area contributed by atoms with Gasteiger partial charge in [-0.25, -0.2) is 8.78 Å². The van der Waals surface area contributed by atoms with Crippen LogP contribution >= 0.6 is 0 Å². The maximum Gasteiger partial charge on any atom is 0.200 e. The Hall–Kier alpha value is -1.23. The third-order valence-electron chi connectivity index (χ3n) is 5.78. The standard InChI is InChI=1S/C24H37F3O2/c1-3-5-7-8-10-21-13-11-18(16-28-21)15-20(25)17-29-22-14-12-19(9-6-4-2)23(26)24(22)27/h12,14,18,20-21H,3-11,13,15-17H2,1-2H3. The Kier molecular flexibility index (Phi) is 10.9. The van der Waals surface area contributed by atoms with E-state index in [1.54, 1.807) is 0 Å². The van der Waals surface area contributed by atoms with Crippen LogP contribution in [-0.2, 0) is 11.2 Å². The highest BCUT2D eigenvalue weighted by molar-refractivity contribution is 5.31. The monoisotopic (exact) mass is 414 g/mol. The van der Waals surface area contributed by atoms with Crippen molar-refractivity contribution in [3.63, 3.8) is 0 Å². The summed E-state index contributed by atoms with van der Waals surface area (Å²) in [6, 6.07) is 2.94. The van der Waals surface area contributed by atoms with Crippen molar-refractivity contribution in [2.45, 2.75) is 96.8 Å². The Labute approximate surface area is 174 Å². The number of aryl methyl sites for hydroxylation is 1. The molecule has 2 rings (SSSR count). The normalized spacial score (nSPS) is 20.6. The second-order valence-corrected chi connectivity index (χ2v) is 8.35. The van der Waals surface area contributed by atoms with Crippen LogP contribution in [0.15, 0.2) is 12.1 Å². The molecule has 1 aliphatic rings. The minimum atomic E-state index is -1.22. The van der Waals surface area contributed by atoms with Crippen molar-refractivity contribution in [1.29, 1.82) is 0 Å². The third-order valence-corrected chi connectivity index (χ3v) is 5.78. The smallest absolute Gasteiger partial charge is 0.200 e. The lowest BCUT2D eigenvalue weighted by Crippen LogP contribution is -2.29. The SMILES string of the molecule is CCCCCCC1CCC(CC(F)COc2ccc(CCCC)c(F)c2F)CO1. The van der Waals surface area contributed by atoms with E-state index >= 15 is 0 Å². The molecule has 0 N–H and O–H groups in total. The van der Waals surface area contributed by atoms with Gasteiger partial charge in [-0.15, -0.1) is 0 Å². The van der Waals surface area contributed by atoms with Crippen LogP contribution in [0.4, 0.5) is 13.2 Å². The first-order valence-corrected chi connectivity index (χ1v) is 11.4. The van der Waals surface area contributed by atoms with Crippen LogP contribution in [0, 0.1) is 17.6 Å². The first kappa shape index (κ1) is 24.0. The fraction of sp³-hybridized carbons (Fsp3) is 0.750. The molecule has 3 atom stereocenters. The molecule has 3 unspecified atom stereocenters. The fourth-order valence-corrected chi connectivity index (χ4v) is 3.93. The molecule has 1 aromatic rings. The average molecular weight is 415 g/mol. The van der Waals surface area contributed by atoms with Crippen molar-refractivity contribution in [2.75, 3.05) is 13.2 Å². The molecule has 166 valence electrons. The lowest BCUT2D eigenvalue weighted by molar-refractivity contribution is -0.0298. The van der Waals surface area contributed by atoms with Gasteiger partial charge < -0.3 is 9.47 Å². The Bertz CT molecular complexity index is 586. The van der Waals surface area contributed by atoms with Gasteiger partial charge in [0.1, 0.15) is 12.8 Å². The van der Waals surface area contributed by atoms with Crippen molar-refractivity contribution >= 4 is 0 Å². The molecule has 0 spiro atoms. The molecule has 0 aromatic heterocycles. The topological polar surface area (TPSA) is 18.5 Å². The van der Waals surface area contributed by atoms with E-state index in [2.05, 4.69) is 6.92 Å². The van der Waals surface area contributed by atoms with Gasteiger partial charge in [-0.1, -0.05) is 52.0 Å². The quantitative estimate of drug-likeness (QED) is 0.318. The van der Waals surface area contributed by atoms with Crippen molar-refractivity contribution in [3.05, 3.63) is 29.3 Å². The Balaban J connectivity index is 1.70. The van der Waals surface area contributed by atoms with E-state index in [4.69, 9.17) is 9.47 Å². The van der Waals surface area contributed by atoms with E-state index in [0.29, 0.717) is 31.1 Å². The highest BCUT2D eigenvalue weighted by atomic mass is 19.2. The van der Waals surface area contributed by atoms with Gasteiger partial charge >= 0.3 is 0 Å². The maximum atomic E-state index is 14.3. The van der Waals surface area contributed by atoms with Crippen LogP contribution in [0.2, 0.25) is 0 Å². The zero-order valence-electron chi connectivity index (χ0n) is 18.0.